The van der Waals surface area contributed by atoms with Crippen molar-refractivity contribution in [2.45, 2.75) is 19.8 Å². The van der Waals surface area contributed by atoms with E-state index in [-0.39, 0.29) is 5.91 Å². The quantitative estimate of drug-likeness (QED) is 0.842. The molecule has 1 atom stereocenters. The molecule has 2 aliphatic heterocycles. The maximum Gasteiger partial charge on any atom is 0.219 e. The molecule has 0 unspecified atom stereocenters. The molecule has 0 saturated carbocycles. The van der Waals surface area contributed by atoms with Gasteiger partial charge in [0.05, 0.1) is 13.2 Å². The van der Waals surface area contributed by atoms with Crippen molar-refractivity contribution in [3.05, 3.63) is 23.9 Å². The minimum Gasteiger partial charge on any atom is -0.378 e. The first-order valence-corrected chi connectivity index (χ1v) is 7.75. The summed E-state index contributed by atoms with van der Waals surface area (Å²) in [6.07, 6.45) is 4.10. The number of nitrogens with zero attached hydrogens (tertiary/aromatic N) is 3. The predicted molar refractivity (Wildman–Crippen MR) is 81.3 cm³/mol. The average Bonchev–Trinajstić information content (AvgIpc) is 2.98. The average molecular weight is 289 g/mol. The lowest BCUT2D eigenvalue weighted by Gasteiger charge is -2.27. The van der Waals surface area contributed by atoms with Crippen LogP contribution in [-0.2, 0) is 16.0 Å². The molecule has 0 N–H and O–H groups in total. The number of rotatable bonds is 3. The minimum absolute atomic E-state index is 0.193. The number of morpholine rings is 1. The van der Waals surface area contributed by atoms with Crippen molar-refractivity contribution in [1.29, 1.82) is 0 Å². The molecule has 1 aromatic heterocycles. The molecule has 5 heteroatoms. The molecule has 1 amide bonds. The van der Waals surface area contributed by atoms with Gasteiger partial charge in [0.1, 0.15) is 5.82 Å². The lowest BCUT2D eigenvalue weighted by atomic mass is 10.00. The Morgan fingerprint density at radius 3 is 2.76 bits per heavy atom. The van der Waals surface area contributed by atoms with Crippen LogP contribution in [0.2, 0.25) is 0 Å². The van der Waals surface area contributed by atoms with Crippen molar-refractivity contribution in [3.8, 4) is 0 Å². The number of carbonyl (C=O) groups excluding carboxylic acids is 1. The topological polar surface area (TPSA) is 45.7 Å². The number of pyridine rings is 1. The Labute approximate surface area is 125 Å². The molecule has 114 valence electrons. The van der Waals surface area contributed by atoms with Crippen LogP contribution < -0.4 is 4.90 Å². The molecule has 21 heavy (non-hydrogen) atoms. The van der Waals surface area contributed by atoms with Crippen molar-refractivity contribution in [3.63, 3.8) is 0 Å². The summed E-state index contributed by atoms with van der Waals surface area (Å²) in [7, 11) is 0. The second-order valence-electron chi connectivity index (χ2n) is 5.95. The zero-order chi connectivity index (χ0) is 14.7. The van der Waals surface area contributed by atoms with Gasteiger partial charge in [-0.15, -0.1) is 0 Å². The van der Waals surface area contributed by atoms with Crippen LogP contribution in [0.25, 0.3) is 0 Å². The molecule has 0 aliphatic carbocycles. The molecule has 2 fully saturated rings. The highest BCUT2D eigenvalue weighted by Crippen LogP contribution is 2.21. The monoisotopic (exact) mass is 289 g/mol. The summed E-state index contributed by atoms with van der Waals surface area (Å²) in [6, 6.07) is 4.28. The molecule has 3 heterocycles. The van der Waals surface area contributed by atoms with Gasteiger partial charge >= 0.3 is 0 Å². The molecular formula is C16H23N3O2. The fourth-order valence-corrected chi connectivity index (χ4v) is 3.14. The number of anilines is 1. The van der Waals surface area contributed by atoms with E-state index < -0.39 is 0 Å². The maximum absolute atomic E-state index is 11.4. The van der Waals surface area contributed by atoms with E-state index >= 15 is 0 Å². The smallest absolute Gasteiger partial charge is 0.219 e. The highest BCUT2D eigenvalue weighted by atomic mass is 16.5. The summed E-state index contributed by atoms with van der Waals surface area (Å²) >= 11 is 0. The van der Waals surface area contributed by atoms with E-state index in [1.54, 1.807) is 6.92 Å². The highest BCUT2D eigenvalue weighted by molar-refractivity contribution is 5.73. The molecule has 0 radical (unpaired) electrons. The molecule has 2 aliphatic rings. The number of carbonyl (C=O) groups is 1. The summed E-state index contributed by atoms with van der Waals surface area (Å²) in [5.41, 5.74) is 1.27. The van der Waals surface area contributed by atoms with Crippen molar-refractivity contribution in [2.75, 3.05) is 44.3 Å². The van der Waals surface area contributed by atoms with Crippen LogP contribution in [0.1, 0.15) is 18.9 Å². The van der Waals surface area contributed by atoms with Gasteiger partial charge in [0.25, 0.3) is 0 Å². The third kappa shape index (κ3) is 3.53. The lowest BCUT2D eigenvalue weighted by Crippen LogP contribution is -2.36. The van der Waals surface area contributed by atoms with Crippen molar-refractivity contribution in [2.24, 2.45) is 5.92 Å². The number of amides is 1. The summed E-state index contributed by atoms with van der Waals surface area (Å²) < 4.78 is 5.36. The Kier molecular flexibility index (Phi) is 4.39. The van der Waals surface area contributed by atoms with E-state index in [0.29, 0.717) is 5.92 Å². The van der Waals surface area contributed by atoms with Crippen LogP contribution in [0, 0.1) is 5.92 Å². The molecule has 2 saturated heterocycles. The fourth-order valence-electron chi connectivity index (χ4n) is 3.14. The van der Waals surface area contributed by atoms with Gasteiger partial charge in [-0.1, -0.05) is 6.07 Å². The van der Waals surface area contributed by atoms with Gasteiger partial charge in [0, 0.05) is 39.3 Å². The molecule has 3 rings (SSSR count). The standard InChI is InChI=1S/C16H23N3O2/c1-13(20)19-5-4-15(12-19)10-14-2-3-16(17-11-14)18-6-8-21-9-7-18/h2-3,11,15H,4-10,12H2,1H3/t15-/m0/s1. The minimum atomic E-state index is 0.193. The lowest BCUT2D eigenvalue weighted by molar-refractivity contribution is -0.127. The first kappa shape index (κ1) is 14.3. The SMILES string of the molecule is CC(=O)N1CC[C@@H](Cc2ccc(N3CCOCC3)nc2)C1. The third-order valence-corrected chi connectivity index (χ3v) is 4.40. The van der Waals surface area contributed by atoms with Crippen LogP contribution in [-0.4, -0.2) is 55.2 Å². The first-order valence-electron chi connectivity index (χ1n) is 7.75. The number of likely N-dealkylation sites (tertiary alicyclic amines) is 1. The summed E-state index contributed by atoms with van der Waals surface area (Å²) in [4.78, 5) is 20.2. The normalized spacial score (nSPS) is 22.6. The van der Waals surface area contributed by atoms with Crippen LogP contribution in [0.3, 0.4) is 0 Å². The summed E-state index contributed by atoms with van der Waals surface area (Å²) in [5, 5.41) is 0. The Hall–Kier alpha value is -1.62. The Morgan fingerprint density at radius 2 is 2.14 bits per heavy atom. The molecule has 0 spiro atoms. The van der Waals surface area contributed by atoms with E-state index in [2.05, 4.69) is 22.0 Å². The van der Waals surface area contributed by atoms with E-state index in [0.717, 1.165) is 58.1 Å². The van der Waals surface area contributed by atoms with Crippen molar-refractivity contribution >= 4 is 11.7 Å². The summed E-state index contributed by atoms with van der Waals surface area (Å²) in [5.74, 6) is 1.81. The Balaban J connectivity index is 1.56. The summed E-state index contributed by atoms with van der Waals surface area (Å²) in [6.45, 7) is 6.85. The largest absolute Gasteiger partial charge is 0.378 e. The van der Waals surface area contributed by atoms with Gasteiger partial charge in [0.15, 0.2) is 0 Å². The number of hydrogen-bond donors (Lipinski definition) is 0. The van der Waals surface area contributed by atoms with E-state index in [1.165, 1.54) is 5.56 Å². The van der Waals surface area contributed by atoms with E-state index in [1.807, 2.05) is 11.1 Å². The van der Waals surface area contributed by atoms with Crippen LogP contribution in [0.15, 0.2) is 18.3 Å². The molecule has 0 bridgehead atoms. The number of hydrogen-bond acceptors (Lipinski definition) is 4. The van der Waals surface area contributed by atoms with Gasteiger partial charge in [-0.2, -0.15) is 0 Å². The van der Waals surface area contributed by atoms with Crippen molar-refractivity contribution in [1.82, 2.24) is 9.88 Å². The van der Waals surface area contributed by atoms with E-state index in [4.69, 9.17) is 4.74 Å². The van der Waals surface area contributed by atoms with Gasteiger partial charge in [-0.05, 0) is 30.4 Å². The zero-order valence-corrected chi connectivity index (χ0v) is 12.6. The molecule has 1 aromatic rings. The van der Waals surface area contributed by atoms with Gasteiger partial charge < -0.3 is 14.5 Å². The van der Waals surface area contributed by atoms with Gasteiger partial charge in [-0.3, -0.25) is 4.79 Å². The van der Waals surface area contributed by atoms with E-state index in [9.17, 15) is 4.79 Å². The van der Waals surface area contributed by atoms with Crippen molar-refractivity contribution < 1.29 is 9.53 Å². The van der Waals surface area contributed by atoms with Crippen LogP contribution in [0.4, 0.5) is 5.82 Å². The fraction of sp³-hybridized carbons (Fsp3) is 0.625. The molecular weight excluding hydrogens is 266 g/mol. The van der Waals surface area contributed by atoms with Crippen LogP contribution >= 0.6 is 0 Å². The van der Waals surface area contributed by atoms with Gasteiger partial charge in [-0.25, -0.2) is 4.98 Å². The number of ether oxygens (including phenoxy) is 1. The maximum atomic E-state index is 11.4. The number of aromatic nitrogens is 1. The Bertz CT molecular complexity index is 483. The molecule has 5 nitrogen and oxygen atoms in total. The highest BCUT2D eigenvalue weighted by Gasteiger charge is 2.24. The third-order valence-electron chi connectivity index (χ3n) is 4.40. The zero-order valence-electron chi connectivity index (χ0n) is 12.6. The second-order valence-corrected chi connectivity index (χ2v) is 5.95. The molecule has 0 aromatic carbocycles. The Morgan fingerprint density at radius 1 is 1.33 bits per heavy atom. The predicted octanol–water partition coefficient (Wildman–Crippen LogP) is 1.33. The second kappa shape index (κ2) is 6.43. The first-order chi connectivity index (χ1) is 10.2. The van der Waals surface area contributed by atoms with Crippen LogP contribution in [0.5, 0.6) is 0 Å². The van der Waals surface area contributed by atoms with Gasteiger partial charge in [0.2, 0.25) is 5.91 Å².